The third kappa shape index (κ3) is 3.71. The number of nitro groups is 1. The summed E-state index contributed by atoms with van der Waals surface area (Å²) >= 11 is 3.30. The van der Waals surface area contributed by atoms with Crippen molar-refractivity contribution in [2.75, 3.05) is 31.1 Å². The van der Waals surface area contributed by atoms with Crippen LogP contribution in [0.4, 0.5) is 11.5 Å². The predicted octanol–water partition coefficient (Wildman–Crippen LogP) is 2.57. The van der Waals surface area contributed by atoms with Gasteiger partial charge >= 0.3 is 0 Å². The summed E-state index contributed by atoms with van der Waals surface area (Å²) in [5.41, 5.74) is 0.643. The molecular formula is C16H17BrN4O4S. The number of benzene rings is 1. The molecule has 2 aromatic rings. The van der Waals surface area contributed by atoms with E-state index in [2.05, 4.69) is 20.9 Å². The quantitative estimate of drug-likeness (QED) is 0.535. The van der Waals surface area contributed by atoms with Gasteiger partial charge in [-0.3, -0.25) is 10.1 Å². The molecule has 3 rings (SSSR count). The van der Waals surface area contributed by atoms with Crippen LogP contribution in [0.2, 0.25) is 0 Å². The van der Waals surface area contributed by atoms with Crippen molar-refractivity contribution in [3.63, 3.8) is 0 Å². The summed E-state index contributed by atoms with van der Waals surface area (Å²) in [5, 5.41) is 10.8. The first-order valence-corrected chi connectivity index (χ1v) is 10.1. The molecule has 1 aromatic carbocycles. The summed E-state index contributed by atoms with van der Waals surface area (Å²) < 4.78 is 27.7. The fourth-order valence-electron chi connectivity index (χ4n) is 2.90. The molecule has 0 atom stereocenters. The van der Waals surface area contributed by atoms with Crippen molar-refractivity contribution < 1.29 is 13.3 Å². The van der Waals surface area contributed by atoms with Crippen molar-refractivity contribution in [1.82, 2.24) is 9.29 Å². The zero-order valence-corrected chi connectivity index (χ0v) is 16.4. The summed E-state index contributed by atoms with van der Waals surface area (Å²) in [6, 6.07) is 8.11. The Labute approximate surface area is 159 Å². The normalized spacial score (nSPS) is 15.8. The number of nitrogens with zero attached hydrogens (tertiary/aromatic N) is 4. The lowest BCUT2D eigenvalue weighted by Crippen LogP contribution is -2.49. The number of hydrogen-bond donors (Lipinski definition) is 0. The molecule has 0 aliphatic carbocycles. The second kappa shape index (κ2) is 7.29. The Balaban J connectivity index is 1.74. The molecule has 0 amide bonds. The van der Waals surface area contributed by atoms with E-state index in [0.29, 0.717) is 42.0 Å². The number of aromatic nitrogens is 1. The highest BCUT2D eigenvalue weighted by Gasteiger charge is 2.29. The summed E-state index contributed by atoms with van der Waals surface area (Å²) in [6.07, 6.45) is 1.23. The van der Waals surface area contributed by atoms with Crippen molar-refractivity contribution in [1.29, 1.82) is 0 Å². The molecule has 0 unspecified atom stereocenters. The third-order valence-corrected chi connectivity index (χ3v) is 6.61. The third-order valence-electron chi connectivity index (χ3n) is 4.22. The van der Waals surface area contributed by atoms with Gasteiger partial charge in [0.25, 0.3) is 5.69 Å². The molecule has 0 N–H and O–H groups in total. The number of piperazine rings is 1. The Hall–Kier alpha value is -2.04. The molecule has 2 heterocycles. The van der Waals surface area contributed by atoms with Crippen LogP contribution in [0, 0.1) is 17.0 Å². The number of rotatable bonds is 4. The van der Waals surface area contributed by atoms with Crippen LogP contribution in [0.25, 0.3) is 0 Å². The SMILES string of the molecule is Cc1cc([N+](=O)[O-])cnc1N1CCN(S(=O)(=O)c2cccc(Br)c2)CC1. The van der Waals surface area contributed by atoms with Crippen LogP contribution in [0.5, 0.6) is 0 Å². The van der Waals surface area contributed by atoms with Gasteiger partial charge in [0.2, 0.25) is 10.0 Å². The molecule has 10 heteroatoms. The van der Waals surface area contributed by atoms with Crippen molar-refractivity contribution >= 4 is 37.5 Å². The van der Waals surface area contributed by atoms with E-state index in [1.807, 2.05) is 4.90 Å². The van der Waals surface area contributed by atoms with E-state index >= 15 is 0 Å². The zero-order valence-electron chi connectivity index (χ0n) is 14.0. The summed E-state index contributed by atoms with van der Waals surface area (Å²) in [4.78, 5) is 16.7. The summed E-state index contributed by atoms with van der Waals surface area (Å²) in [7, 11) is -3.55. The van der Waals surface area contributed by atoms with E-state index in [9.17, 15) is 18.5 Å². The molecule has 1 saturated heterocycles. The molecule has 138 valence electrons. The maximum atomic E-state index is 12.8. The highest BCUT2D eigenvalue weighted by Crippen LogP contribution is 2.25. The van der Waals surface area contributed by atoms with Crippen molar-refractivity contribution in [2.45, 2.75) is 11.8 Å². The Bertz CT molecular complexity index is 943. The van der Waals surface area contributed by atoms with Gasteiger partial charge in [0, 0.05) is 36.7 Å². The Morgan fingerprint density at radius 1 is 1.19 bits per heavy atom. The van der Waals surface area contributed by atoms with Gasteiger partial charge in [-0.2, -0.15) is 4.31 Å². The highest BCUT2D eigenvalue weighted by atomic mass is 79.9. The lowest BCUT2D eigenvalue weighted by atomic mass is 10.2. The zero-order chi connectivity index (χ0) is 18.9. The van der Waals surface area contributed by atoms with E-state index in [1.54, 1.807) is 31.2 Å². The summed E-state index contributed by atoms with van der Waals surface area (Å²) in [5.74, 6) is 0.648. The van der Waals surface area contributed by atoms with E-state index in [-0.39, 0.29) is 10.6 Å². The minimum Gasteiger partial charge on any atom is -0.354 e. The fraction of sp³-hybridized carbons (Fsp3) is 0.312. The maximum Gasteiger partial charge on any atom is 0.287 e. The smallest absolute Gasteiger partial charge is 0.287 e. The second-order valence-electron chi connectivity index (χ2n) is 5.94. The molecule has 1 aromatic heterocycles. The largest absolute Gasteiger partial charge is 0.354 e. The number of aryl methyl sites for hydroxylation is 1. The first-order chi connectivity index (χ1) is 12.3. The number of pyridine rings is 1. The lowest BCUT2D eigenvalue weighted by molar-refractivity contribution is -0.385. The average molecular weight is 441 g/mol. The van der Waals surface area contributed by atoms with Gasteiger partial charge in [0.05, 0.1) is 9.82 Å². The van der Waals surface area contributed by atoms with Gasteiger partial charge in [-0.15, -0.1) is 0 Å². The minimum atomic E-state index is -3.55. The monoisotopic (exact) mass is 440 g/mol. The van der Waals surface area contributed by atoms with Crippen LogP contribution in [-0.2, 0) is 10.0 Å². The van der Waals surface area contributed by atoms with Crippen molar-refractivity contribution in [3.8, 4) is 0 Å². The van der Waals surface area contributed by atoms with Gasteiger partial charge in [-0.1, -0.05) is 22.0 Å². The van der Waals surface area contributed by atoms with Crippen LogP contribution in [0.1, 0.15) is 5.56 Å². The molecule has 26 heavy (non-hydrogen) atoms. The van der Waals surface area contributed by atoms with Crippen LogP contribution >= 0.6 is 15.9 Å². The highest BCUT2D eigenvalue weighted by molar-refractivity contribution is 9.10. The Morgan fingerprint density at radius 3 is 2.46 bits per heavy atom. The molecule has 0 spiro atoms. The van der Waals surface area contributed by atoms with Gasteiger partial charge in [-0.25, -0.2) is 13.4 Å². The molecular weight excluding hydrogens is 424 g/mol. The van der Waals surface area contributed by atoms with Crippen LogP contribution in [0.15, 0.2) is 45.9 Å². The molecule has 1 fully saturated rings. The van der Waals surface area contributed by atoms with Gasteiger partial charge in [0.1, 0.15) is 12.0 Å². The van der Waals surface area contributed by atoms with Crippen molar-refractivity contribution in [2.24, 2.45) is 0 Å². The van der Waals surface area contributed by atoms with E-state index in [0.717, 1.165) is 0 Å². The van der Waals surface area contributed by atoms with Crippen molar-refractivity contribution in [3.05, 3.63) is 56.7 Å². The van der Waals surface area contributed by atoms with Crippen LogP contribution in [0.3, 0.4) is 0 Å². The number of anilines is 1. The predicted molar refractivity (Wildman–Crippen MR) is 101 cm³/mol. The van der Waals surface area contributed by atoms with E-state index < -0.39 is 14.9 Å². The van der Waals surface area contributed by atoms with Gasteiger partial charge in [-0.05, 0) is 30.7 Å². The molecule has 0 bridgehead atoms. The first kappa shape index (κ1) is 18.7. The number of halogens is 1. The number of sulfonamides is 1. The van der Waals surface area contributed by atoms with E-state index in [1.165, 1.54) is 16.6 Å². The summed E-state index contributed by atoms with van der Waals surface area (Å²) in [6.45, 7) is 3.36. The average Bonchev–Trinajstić information content (AvgIpc) is 2.61. The van der Waals surface area contributed by atoms with Crippen LogP contribution < -0.4 is 4.90 Å². The van der Waals surface area contributed by atoms with Crippen LogP contribution in [-0.4, -0.2) is 48.8 Å². The Kier molecular flexibility index (Phi) is 5.26. The Morgan fingerprint density at radius 2 is 1.88 bits per heavy atom. The molecule has 1 aliphatic heterocycles. The second-order valence-corrected chi connectivity index (χ2v) is 8.79. The lowest BCUT2D eigenvalue weighted by Gasteiger charge is -2.35. The van der Waals surface area contributed by atoms with Gasteiger partial charge in [0.15, 0.2) is 0 Å². The maximum absolute atomic E-state index is 12.8. The minimum absolute atomic E-state index is 0.0536. The van der Waals surface area contributed by atoms with Gasteiger partial charge < -0.3 is 4.90 Å². The molecule has 8 nitrogen and oxygen atoms in total. The topological polar surface area (TPSA) is 96.7 Å². The van der Waals surface area contributed by atoms with E-state index in [4.69, 9.17) is 0 Å². The molecule has 0 radical (unpaired) electrons. The number of hydrogen-bond acceptors (Lipinski definition) is 6. The standard InChI is InChI=1S/C16H17BrN4O4S/c1-12-9-14(21(22)23)11-18-16(12)19-5-7-20(8-6-19)26(24,25)15-4-2-3-13(17)10-15/h2-4,9-11H,5-8H2,1H3. The first-order valence-electron chi connectivity index (χ1n) is 7.91. The molecule has 0 saturated carbocycles. The molecule has 1 aliphatic rings. The fourth-order valence-corrected chi connectivity index (χ4v) is 4.92.